The van der Waals surface area contributed by atoms with Gasteiger partial charge >= 0.3 is 0 Å². The van der Waals surface area contributed by atoms with E-state index in [9.17, 15) is 12.8 Å². The van der Waals surface area contributed by atoms with Gasteiger partial charge in [-0.15, -0.1) is 0 Å². The fraction of sp³-hybridized carbons (Fsp3) is 0. The van der Waals surface area contributed by atoms with Gasteiger partial charge < -0.3 is 4.74 Å². The third-order valence-corrected chi connectivity index (χ3v) is 3.36. The molecule has 0 radical (unpaired) electrons. The van der Waals surface area contributed by atoms with Crippen molar-refractivity contribution in [2.75, 3.05) is 0 Å². The maximum absolute atomic E-state index is 12.9. The molecular weight excluding hydrogens is 295 g/mol. The van der Waals surface area contributed by atoms with E-state index in [-0.39, 0.29) is 21.5 Å². The molecular formula is C11H8ClFN2O3S. The highest BCUT2D eigenvalue weighted by molar-refractivity contribution is 7.89. The van der Waals surface area contributed by atoms with Crippen LogP contribution in [0.5, 0.6) is 11.6 Å². The summed E-state index contributed by atoms with van der Waals surface area (Å²) >= 11 is 5.77. The first-order valence-electron chi connectivity index (χ1n) is 4.98. The molecule has 0 aliphatic heterocycles. The first-order valence-corrected chi connectivity index (χ1v) is 6.91. The SMILES string of the molecule is NS(=O)(=O)c1cccnc1Oc1ccc(F)cc1Cl. The molecule has 0 saturated heterocycles. The Morgan fingerprint density at radius 1 is 1.32 bits per heavy atom. The fourth-order valence-electron chi connectivity index (χ4n) is 1.33. The molecule has 0 unspecified atom stereocenters. The van der Waals surface area contributed by atoms with Crippen LogP contribution in [0.3, 0.4) is 0 Å². The van der Waals surface area contributed by atoms with Crippen LogP contribution in [-0.4, -0.2) is 13.4 Å². The minimum absolute atomic E-state index is 0.00831. The third-order valence-electron chi connectivity index (χ3n) is 2.14. The van der Waals surface area contributed by atoms with E-state index >= 15 is 0 Å². The summed E-state index contributed by atoms with van der Waals surface area (Å²) in [5, 5.41) is 5.02. The molecule has 2 N–H and O–H groups in total. The topological polar surface area (TPSA) is 82.3 Å². The number of benzene rings is 1. The van der Waals surface area contributed by atoms with Gasteiger partial charge in [0.25, 0.3) is 0 Å². The van der Waals surface area contributed by atoms with Crippen molar-refractivity contribution in [2.24, 2.45) is 5.14 Å². The highest BCUT2D eigenvalue weighted by atomic mass is 35.5. The van der Waals surface area contributed by atoms with Gasteiger partial charge in [-0.1, -0.05) is 11.6 Å². The van der Waals surface area contributed by atoms with Crippen LogP contribution < -0.4 is 9.88 Å². The second kappa shape index (κ2) is 5.12. The Hall–Kier alpha value is -1.70. The Morgan fingerprint density at radius 2 is 2.05 bits per heavy atom. The molecule has 0 aliphatic rings. The van der Waals surface area contributed by atoms with Gasteiger partial charge in [0.1, 0.15) is 16.5 Å². The first-order chi connectivity index (χ1) is 8.88. The summed E-state index contributed by atoms with van der Waals surface area (Å²) in [5.41, 5.74) is 0. The van der Waals surface area contributed by atoms with Crippen LogP contribution in [-0.2, 0) is 10.0 Å². The van der Waals surface area contributed by atoms with Crippen molar-refractivity contribution >= 4 is 21.6 Å². The van der Waals surface area contributed by atoms with Crippen molar-refractivity contribution in [1.82, 2.24) is 4.98 Å². The van der Waals surface area contributed by atoms with E-state index < -0.39 is 15.8 Å². The molecule has 8 heteroatoms. The number of aromatic nitrogens is 1. The molecule has 0 saturated carbocycles. The Balaban J connectivity index is 2.44. The zero-order valence-corrected chi connectivity index (χ0v) is 11.0. The lowest BCUT2D eigenvalue weighted by atomic mass is 10.3. The zero-order chi connectivity index (χ0) is 14.0. The van der Waals surface area contributed by atoms with Gasteiger partial charge in [0.2, 0.25) is 15.9 Å². The van der Waals surface area contributed by atoms with Gasteiger partial charge in [-0.2, -0.15) is 0 Å². The van der Waals surface area contributed by atoms with Crippen molar-refractivity contribution in [3.63, 3.8) is 0 Å². The molecule has 1 aromatic heterocycles. The van der Waals surface area contributed by atoms with E-state index in [0.29, 0.717) is 0 Å². The summed E-state index contributed by atoms with van der Waals surface area (Å²) in [7, 11) is -3.98. The number of nitrogens with two attached hydrogens (primary N) is 1. The van der Waals surface area contributed by atoms with Crippen LogP contribution in [0.4, 0.5) is 4.39 Å². The predicted molar refractivity (Wildman–Crippen MR) is 67.1 cm³/mol. The van der Waals surface area contributed by atoms with Gasteiger partial charge in [-0.05, 0) is 30.3 Å². The first kappa shape index (κ1) is 13.7. The molecule has 2 aromatic rings. The van der Waals surface area contributed by atoms with E-state index in [1.165, 1.54) is 24.4 Å². The molecule has 1 aromatic carbocycles. The minimum atomic E-state index is -3.98. The van der Waals surface area contributed by atoms with Crippen molar-refractivity contribution in [3.8, 4) is 11.6 Å². The molecule has 0 bridgehead atoms. The zero-order valence-electron chi connectivity index (χ0n) is 9.38. The largest absolute Gasteiger partial charge is 0.436 e. The normalized spacial score (nSPS) is 11.3. The Labute approximate surface area is 113 Å². The van der Waals surface area contributed by atoms with Gasteiger partial charge in [0.05, 0.1) is 5.02 Å². The second-order valence-electron chi connectivity index (χ2n) is 3.53. The number of ether oxygens (including phenoxy) is 1. The van der Waals surface area contributed by atoms with E-state index in [1.807, 2.05) is 0 Å². The number of primary sulfonamides is 1. The van der Waals surface area contributed by atoms with E-state index in [1.54, 1.807) is 0 Å². The summed E-state index contributed by atoms with van der Waals surface area (Å²) in [5.74, 6) is -0.685. The molecule has 0 aliphatic carbocycles. The average Bonchev–Trinajstić information content (AvgIpc) is 2.32. The van der Waals surface area contributed by atoms with Crippen LogP contribution in [0.1, 0.15) is 0 Å². The number of pyridine rings is 1. The summed E-state index contributed by atoms with van der Waals surface area (Å²) in [6.07, 6.45) is 1.33. The van der Waals surface area contributed by atoms with Crippen LogP contribution in [0.2, 0.25) is 5.02 Å². The van der Waals surface area contributed by atoms with Crippen molar-refractivity contribution in [3.05, 3.63) is 47.4 Å². The number of sulfonamides is 1. The van der Waals surface area contributed by atoms with E-state index in [0.717, 1.165) is 12.1 Å². The van der Waals surface area contributed by atoms with Gasteiger partial charge in [0, 0.05) is 6.20 Å². The lowest BCUT2D eigenvalue weighted by Crippen LogP contribution is -2.13. The molecule has 0 amide bonds. The van der Waals surface area contributed by atoms with Gasteiger partial charge in [-0.3, -0.25) is 0 Å². The van der Waals surface area contributed by atoms with Crippen LogP contribution in [0.25, 0.3) is 0 Å². The fourth-order valence-corrected chi connectivity index (χ4v) is 2.14. The second-order valence-corrected chi connectivity index (χ2v) is 5.47. The lowest BCUT2D eigenvalue weighted by Gasteiger charge is -2.09. The Kier molecular flexibility index (Phi) is 3.70. The summed E-state index contributed by atoms with van der Waals surface area (Å²) in [6.45, 7) is 0. The maximum Gasteiger partial charge on any atom is 0.243 e. The monoisotopic (exact) mass is 302 g/mol. The number of nitrogens with zero attached hydrogens (tertiary/aromatic N) is 1. The average molecular weight is 303 g/mol. The molecule has 2 rings (SSSR count). The Bertz CT molecular complexity index is 722. The summed E-state index contributed by atoms with van der Waals surface area (Å²) in [4.78, 5) is 3.49. The smallest absolute Gasteiger partial charge is 0.243 e. The molecule has 1 heterocycles. The third kappa shape index (κ3) is 3.19. The van der Waals surface area contributed by atoms with Crippen molar-refractivity contribution in [1.29, 1.82) is 0 Å². The van der Waals surface area contributed by atoms with Crippen LogP contribution in [0, 0.1) is 5.82 Å². The summed E-state index contributed by atoms with van der Waals surface area (Å²) < 4.78 is 40.8. The van der Waals surface area contributed by atoms with Crippen LogP contribution >= 0.6 is 11.6 Å². The Morgan fingerprint density at radius 3 is 2.68 bits per heavy atom. The molecule has 19 heavy (non-hydrogen) atoms. The highest BCUT2D eigenvalue weighted by Crippen LogP contribution is 2.31. The minimum Gasteiger partial charge on any atom is -0.436 e. The number of hydrogen-bond donors (Lipinski definition) is 1. The maximum atomic E-state index is 12.9. The number of hydrogen-bond acceptors (Lipinski definition) is 4. The summed E-state index contributed by atoms with van der Waals surface area (Å²) in [6, 6.07) is 6.07. The highest BCUT2D eigenvalue weighted by Gasteiger charge is 2.17. The lowest BCUT2D eigenvalue weighted by molar-refractivity contribution is 0.446. The quantitative estimate of drug-likeness (QED) is 0.943. The molecule has 5 nitrogen and oxygen atoms in total. The van der Waals surface area contributed by atoms with E-state index in [2.05, 4.69) is 4.98 Å². The molecule has 0 fully saturated rings. The standard InChI is InChI=1S/C11H8ClFN2O3S/c12-8-6-7(13)3-4-9(8)18-11-10(19(14,16)17)2-1-5-15-11/h1-6H,(H2,14,16,17). The number of halogens is 2. The van der Waals surface area contributed by atoms with Gasteiger partial charge in [-0.25, -0.2) is 22.9 Å². The van der Waals surface area contributed by atoms with Crippen molar-refractivity contribution in [2.45, 2.75) is 4.90 Å². The molecule has 0 atom stereocenters. The van der Waals surface area contributed by atoms with Crippen LogP contribution in [0.15, 0.2) is 41.4 Å². The van der Waals surface area contributed by atoms with Gasteiger partial charge in [0.15, 0.2) is 0 Å². The van der Waals surface area contributed by atoms with Crippen molar-refractivity contribution < 1.29 is 17.5 Å². The molecule has 100 valence electrons. The number of rotatable bonds is 3. The molecule has 0 spiro atoms. The van der Waals surface area contributed by atoms with E-state index in [4.69, 9.17) is 21.5 Å². The predicted octanol–water partition coefficient (Wildman–Crippen LogP) is 2.31.